The second kappa shape index (κ2) is 37.7. The van der Waals surface area contributed by atoms with E-state index in [-0.39, 0.29) is 161 Å². The van der Waals surface area contributed by atoms with Gasteiger partial charge >= 0.3 is 0 Å². The van der Waals surface area contributed by atoms with Gasteiger partial charge in [0.1, 0.15) is 56.7 Å². The Hall–Kier alpha value is -6.94. The molecule has 5 aromatic carbocycles. The first-order chi connectivity index (χ1) is 48.3. The molecule has 0 saturated heterocycles. The number of aromatic hydroxyl groups is 5. The van der Waals surface area contributed by atoms with Crippen LogP contribution >= 0.6 is 116 Å². The minimum absolute atomic E-state index is 0.0570. The highest BCUT2D eigenvalue weighted by Crippen LogP contribution is 2.39. The Bertz CT molecular complexity index is 5160. The van der Waals surface area contributed by atoms with Crippen LogP contribution in [0.5, 0.6) is 28.7 Å². The standard InChI is InChI=1S/C15H15Cl2N3O2.C15H19Cl2N3O2.C13H15Cl2N3O2.2C12H13Cl2N3O2/c1-4-6-19(3)8-11-18-13-12(15(22)20(11)5-2)9(16)7-10(17)14(13)21;1-4-19(5-2)8-11-18-13-12(15(22)20(11)6-3)9(16)7-10(17)14(13)21;1-3-4-18-9(6-16-2)17-11-10(13(18)20)7(14)5-8(15)12(11)19;1-3-15-5-8-16-10-9(12(19)17(8)2)6(13)4-7(14)11(10)18;1-3-17-8(5-15-2)16-10-9(12(17)19)6(13)4-7(14)11(10)18/h1,7,21H,5-6,8H2,2-3H3;7,21H,4-6,8H2,1-3H3;5,16,19H,3-4,6H2,1-2H3;2*4,15,18H,3,5H2,1-2H3. The van der Waals surface area contributed by atoms with Gasteiger partial charge < -0.3 is 41.5 Å². The molecule has 0 atom stereocenters. The predicted octanol–water partition coefficient (Wildman–Crippen LogP) is 12.5. The lowest BCUT2D eigenvalue weighted by Gasteiger charge is -2.20. The molecule has 8 N–H and O–H groups in total. The highest BCUT2D eigenvalue weighted by atomic mass is 35.5. The Morgan fingerprint density at radius 1 is 0.431 bits per heavy atom. The van der Waals surface area contributed by atoms with E-state index in [1.54, 1.807) is 30.3 Å². The average Bonchev–Trinajstić information content (AvgIpc) is 0.796. The number of aromatic nitrogens is 10. The number of terminal acetylenes is 1. The van der Waals surface area contributed by atoms with Gasteiger partial charge in [0.15, 0.2) is 28.7 Å². The number of hydrogen-bond donors (Lipinski definition) is 8. The molecule has 0 bridgehead atoms. The van der Waals surface area contributed by atoms with Crippen molar-refractivity contribution in [1.29, 1.82) is 0 Å². The lowest BCUT2D eigenvalue weighted by molar-refractivity contribution is 0.282. The summed E-state index contributed by atoms with van der Waals surface area (Å²) in [4.78, 5) is 88.3. The number of fused-ring (bicyclic) bond motifs is 5. The number of phenolic OH excluding ortho intramolecular Hbond substituents is 5. The smallest absolute Gasteiger partial charge is 0.263 e. The zero-order valence-electron chi connectivity index (χ0n) is 57.3. The zero-order valence-corrected chi connectivity index (χ0v) is 64.8. The molecule has 0 aliphatic heterocycles. The van der Waals surface area contributed by atoms with E-state index in [9.17, 15) is 49.5 Å². The summed E-state index contributed by atoms with van der Waals surface area (Å²) in [5.41, 5.74) is -0.745. The Morgan fingerprint density at radius 3 is 1.03 bits per heavy atom. The van der Waals surface area contributed by atoms with E-state index in [4.69, 9.17) is 122 Å². The summed E-state index contributed by atoms with van der Waals surface area (Å²) < 4.78 is 7.58. The fraction of sp³-hybridized carbons (Fsp3) is 0.373. The van der Waals surface area contributed by atoms with E-state index in [0.29, 0.717) is 94.6 Å². The first kappa shape index (κ1) is 84.0. The lowest BCUT2D eigenvalue weighted by atomic mass is 10.2. The number of nitrogens with zero attached hydrogens (tertiary/aromatic N) is 12. The predicted molar refractivity (Wildman–Crippen MR) is 411 cm³/mol. The Morgan fingerprint density at radius 2 is 0.725 bits per heavy atom. The summed E-state index contributed by atoms with van der Waals surface area (Å²) in [5, 5.41) is 61.3. The van der Waals surface area contributed by atoms with Crippen molar-refractivity contribution in [3.8, 4) is 41.1 Å². The third-order valence-electron chi connectivity index (χ3n) is 15.7. The zero-order chi connectivity index (χ0) is 76.0. The molecule has 0 aliphatic carbocycles. The van der Waals surface area contributed by atoms with E-state index < -0.39 is 0 Å². The van der Waals surface area contributed by atoms with Crippen LogP contribution in [0, 0.1) is 12.3 Å². The van der Waals surface area contributed by atoms with Gasteiger partial charge in [-0.05, 0) is 98.3 Å². The first-order valence-corrected chi connectivity index (χ1v) is 35.4. The molecule has 0 amide bonds. The molecule has 25 nitrogen and oxygen atoms in total. The molecule has 0 unspecified atom stereocenters. The topological polar surface area (TPSA) is 318 Å². The molecule has 0 spiro atoms. The quantitative estimate of drug-likeness (QED) is 0.0349. The molecule has 10 aromatic rings. The van der Waals surface area contributed by atoms with E-state index >= 15 is 0 Å². The average molecular weight is 1600 g/mol. The monoisotopic (exact) mass is 1600 g/mol. The van der Waals surface area contributed by atoms with Gasteiger partial charge in [0.2, 0.25) is 0 Å². The molecule has 5 heterocycles. The largest absolute Gasteiger partial charge is 0.504 e. The van der Waals surface area contributed by atoms with Gasteiger partial charge in [-0.25, -0.2) is 24.9 Å². The number of rotatable bonds is 19. The SMILES string of the molecule is C#CCN(C)Cc1nc2c(O)c(Cl)cc(Cl)c2c(=O)n1CC.CCCn1c(CNC)nc2c(O)c(Cl)cc(Cl)c2c1=O.CCN(CC)Cc1nc2c(O)c(Cl)cc(Cl)c2c(=O)n1CC.CCNCc1nc2c(O)c(Cl)cc(Cl)c2c(=O)n1C.CCn1c(CNC)nc2c(O)c(Cl)cc(Cl)c2c1=O. The minimum Gasteiger partial charge on any atom is -0.504 e. The maximum Gasteiger partial charge on any atom is 0.263 e. The van der Waals surface area contributed by atoms with Crippen molar-refractivity contribution in [2.75, 3.05) is 47.3 Å². The minimum atomic E-state index is -0.312. The summed E-state index contributed by atoms with van der Waals surface area (Å²) in [5.74, 6) is 4.06. The van der Waals surface area contributed by atoms with Gasteiger partial charge in [-0.1, -0.05) is 150 Å². The van der Waals surface area contributed by atoms with E-state index in [0.717, 1.165) is 26.1 Å². The Kier molecular flexibility index (Phi) is 31.0. The molecule has 10 rings (SSSR count). The molecule has 0 saturated carbocycles. The molecule has 35 heteroatoms. The summed E-state index contributed by atoms with van der Waals surface area (Å²) >= 11 is 59.7. The number of hydrogen-bond acceptors (Lipinski definition) is 20. The summed E-state index contributed by atoms with van der Waals surface area (Å²) in [7, 11) is 6.95. The number of benzene rings is 5. The van der Waals surface area contributed by atoms with E-state index in [2.05, 4.69) is 51.7 Å². The maximum absolute atomic E-state index is 12.7. The van der Waals surface area contributed by atoms with Crippen LogP contribution in [0.25, 0.3) is 54.5 Å². The van der Waals surface area contributed by atoms with Gasteiger partial charge in [0.25, 0.3) is 27.8 Å². The van der Waals surface area contributed by atoms with Crippen molar-refractivity contribution in [3.05, 3.63) is 161 Å². The molecule has 5 aromatic heterocycles. The Labute approximate surface area is 635 Å². The van der Waals surface area contributed by atoms with Crippen LogP contribution in [0.3, 0.4) is 0 Å². The molecular weight excluding hydrogens is 1530 g/mol. The van der Waals surface area contributed by atoms with Gasteiger partial charge in [0.05, 0.1) is 116 Å². The fourth-order valence-electron chi connectivity index (χ4n) is 10.6. The van der Waals surface area contributed by atoms with Crippen LogP contribution < -0.4 is 43.7 Å². The molecule has 0 fully saturated rings. The van der Waals surface area contributed by atoms with Gasteiger partial charge in [-0.15, -0.1) is 6.42 Å². The first-order valence-electron chi connectivity index (χ1n) is 31.7. The summed E-state index contributed by atoms with van der Waals surface area (Å²) in [6.45, 7) is 20.5. The van der Waals surface area contributed by atoms with Crippen LogP contribution in [0.2, 0.25) is 50.2 Å². The van der Waals surface area contributed by atoms with Crippen molar-refractivity contribution in [2.45, 2.75) is 114 Å². The molecule has 0 radical (unpaired) electrons. The van der Waals surface area contributed by atoms with Crippen LogP contribution in [0.15, 0.2) is 54.3 Å². The van der Waals surface area contributed by atoms with Crippen molar-refractivity contribution in [1.82, 2.24) is 73.5 Å². The van der Waals surface area contributed by atoms with E-state index in [1.807, 2.05) is 60.4 Å². The third-order valence-corrected chi connectivity index (χ3v) is 18.7. The van der Waals surface area contributed by atoms with Crippen LogP contribution in [0.1, 0.15) is 84.0 Å². The number of halogens is 10. The highest BCUT2D eigenvalue weighted by Gasteiger charge is 2.24. The Balaban J connectivity index is 0.000000201. The van der Waals surface area contributed by atoms with Crippen molar-refractivity contribution in [3.63, 3.8) is 0 Å². The fourth-order valence-corrected chi connectivity index (χ4v) is 13.2. The number of phenols is 5. The molecular formula is C67H75Cl10N15O10. The number of nitrogens with one attached hydrogen (secondary N) is 3. The summed E-state index contributed by atoms with van der Waals surface area (Å²) in [6, 6.07) is 6.76. The maximum atomic E-state index is 12.7. The van der Waals surface area contributed by atoms with Crippen molar-refractivity contribution in [2.24, 2.45) is 7.05 Å². The van der Waals surface area contributed by atoms with Crippen LogP contribution in [-0.4, -0.2) is 130 Å². The third kappa shape index (κ3) is 18.4. The van der Waals surface area contributed by atoms with E-state index in [1.165, 1.54) is 44.0 Å². The second-order valence-electron chi connectivity index (χ2n) is 22.4. The second-order valence-corrected chi connectivity index (χ2v) is 26.4. The van der Waals surface area contributed by atoms with Gasteiger partial charge in [0, 0.05) is 33.2 Å². The van der Waals surface area contributed by atoms with Crippen LogP contribution in [-0.2, 0) is 66.0 Å². The van der Waals surface area contributed by atoms with Crippen LogP contribution in [0.4, 0.5) is 0 Å². The van der Waals surface area contributed by atoms with Crippen molar-refractivity contribution >= 4 is 171 Å². The lowest BCUT2D eigenvalue weighted by Crippen LogP contribution is -2.30. The van der Waals surface area contributed by atoms with Crippen molar-refractivity contribution < 1.29 is 25.5 Å². The normalized spacial score (nSPS) is 11.2. The van der Waals surface area contributed by atoms with Gasteiger partial charge in [-0.3, -0.25) is 56.6 Å². The highest BCUT2D eigenvalue weighted by molar-refractivity contribution is 6.42. The molecule has 548 valence electrons. The van der Waals surface area contributed by atoms with Gasteiger partial charge in [-0.2, -0.15) is 0 Å². The molecule has 102 heavy (non-hydrogen) atoms. The summed E-state index contributed by atoms with van der Waals surface area (Å²) in [6.07, 6.45) is 6.08. The molecule has 0 aliphatic rings.